The number of ketones is 1. The normalized spacial score (nSPS) is 10.4. The van der Waals surface area contributed by atoms with Gasteiger partial charge in [0, 0.05) is 23.2 Å². The summed E-state index contributed by atoms with van der Waals surface area (Å²) in [7, 11) is 0. The van der Waals surface area contributed by atoms with Crippen molar-refractivity contribution in [2.45, 2.75) is 19.8 Å². The van der Waals surface area contributed by atoms with Crippen LogP contribution in [0.15, 0.2) is 59.3 Å². The Labute approximate surface area is 156 Å². The van der Waals surface area contributed by atoms with Gasteiger partial charge in [0.1, 0.15) is 5.75 Å². The van der Waals surface area contributed by atoms with Crippen molar-refractivity contribution < 1.29 is 18.7 Å². The van der Waals surface area contributed by atoms with Crippen LogP contribution in [0.5, 0.6) is 5.75 Å². The van der Waals surface area contributed by atoms with E-state index in [0.717, 1.165) is 12.0 Å². The van der Waals surface area contributed by atoms with Gasteiger partial charge in [-0.2, -0.15) is 0 Å². The van der Waals surface area contributed by atoms with Gasteiger partial charge in [-0.15, -0.1) is 10.2 Å². The van der Waals surface area contributed by atoms with Crippen molar-refractivity contribution in [3.05, 3.63) is 60.5 Å². The lowest BCUT2D eigenvalue weighted by Crippen LogP contribution is -2.13. The first-order chi connectivity index (χ1) is 13.2. The Bertz CT molecular complexity index is 888. The summed E-state index contributed by atoms with van der Waals surface area (Å²) in [6.45, 7) is 1.86. The number of anilines is 1. The number of aromatic nitrogens is 2. The fourth-order valence-corrected chi connectivity index (χ4v) is 2.41. The number of amides is 1. The molecule has 1 aromatic heterocycles. The monoisotopic (exact) mass is 365 g/mol. The predicted octanol–water partition coefficient (Wildman–Crippen LogP) is 3.74. The molecule has 0 aliphatic carbocycles. The van der Waals surface area contributed by atoms with Crippen molar-refractivity contribution in [3.8, 4) is 17.2 Å². The second kappa shape index (κ2) is 8.75. The minimum absolute atomic E-state index is 0.0381. The number of hydrogen-bond acceptors (Lipinski definition) is 6. The molecule has 1 N–H and O–H groups in total. The van der Waals surface area contributed by atoms with E-state index in [2.05, 4.69) is 15.5 Å². The van der Waals surface area contributed by atoms with Gasteiger partial charge in [0.05, 0.1) is 0 Å². The molecular weight excluding hydrogens is 346 g/mol. The summed E-state index contributed by atoms with van der Waals surface area (Å²) in [5, 5.41) is 10.2. The Kier molecular flexibility index (Phi) is 5.94. The Morgan fingerprint density at radius 3 is 2.44 bits per heavy atom. The summed E-state index contributed by atoms with van der Waals surface area (Å²) in [5.41, 5.74) is 1.96. The third-order valence-electron chi connectivity index (χ3n) is 3.80. The highest BCUT2D eigenvalue weighted by Gasteiger charge is 2.09. The fraction of sp³-hybridized carbons (Fsp3) is 0.200. The van der Waals surface area contributed by atoms with E-state index in [1.54, 1.807) is 48.5 Å². The van der Waals surface area contributed by atoms with Crippen LogP contribution in [0.4, 0.5) is 5.69 Å². The molecule has 1 amide bonds. The zero-order valence-electron chi connectivity index (χ0n) is 14.8. The number of ether oxygens (including phenoxy) is 1. The standard InChI is InChI=1S/C20H19N3O4/c1-2-3-19(25)22-16-8-4-14(5-9-16)18(24)12-26-17-10-6-15(7-11-17)20-23-21-13-27-20/h4-11,13H,2-3,12H2,1H3,(H,22,25). The van der Waals surface area contributed by atoms with Crippen molar-refractivity contribution in [1.29, 1.82) is 0 Å². The van der Waals surface area contributed by atoms with Gasteiger partial charge < -0.3 is 14.5 Å². The molecule has 0 fully saturated rings. The van der Waals surface area contributed by atoms with E-state index in [1.165, 1.54) is 6.39 Å². The zero-order chi connectivity index (χ0) is 19.1. The highest BCUT2D eigenvalue weighted by Crippen LogP contribution is 2.20. The first-order valence-electron chi connectivity index (χ1n) is 8.58. The van der Waals surface area contributed by atoms with Crippen molar-refractivity contribution >= 4 is 17.4 Å². The minimum atomic E-state index is -0.151. The number of carbonyl (C=O) groups excluding carboxylic acids is 2. The van der Waals surface area contributed by atoms with Crippen LogP contribution in [-0.2, 0) is 4.79 Å². The fourth-order valence-electron chi connectivity index (χ4n) is 2.41. The third-order valence-corrected chi connectivity index (χ3v) is 3.80. The number of nitrogens with one attached hydrogen (secondary N) is 1. The molecule has 0 saturated heterocycles. The summed E-state index contributed by atoms with van der Waals surface area (Å²) < 4.78 is 10.7. The van der Waals surface area contributed by atoms with E-state index < -0.39 is 0 Å². The molecule has 0 bridgehead atoms. The molecule has 7 nitrogen and oxygen atoms in total. The van der Waals surface area contributed by atoms with Crippen LogP contribution in [0.1, 0.15) is 30.1 Å². The minimum Gasteiger partial charge on any atom is -0.485 e. The quantitative estimate of drug-likeness (QED) is 0.611. The van der Waals surface area contributed by atoms with E-state index >= 15 is 0 Å². The number of hydrogen-bond donors (Lipinski definition) is 1. The Balaban J connectivity index is 1.53. The van der Waals surface area contributed by atoms with Crippen LogP contribution in [0, 0.1) is 0 Å². The summed E-state index contributed by atoms with van der Waals surface area (Å²) in [6, 6.07) is 13.8. The second-order valence-electron chi connectivity index (χ2n) is 5.86. The van der Waals surface area contributed by atoms with Crippen molar-refractivity contribution in [2.24, 2.45) is 0 Å². The maximum Gasteiger partial charge on any atom is 0.247 e. The van der Waals surface area contributed by atoms with Gasteiger partial charge >= 0.3 is 0 Å². The third kappa shape index (κ3) is 5.01. The molecule has 0 atom stereocenters. The lowest BCUT2D eigenvalue weighted by molar-refractivity contribution is -0.116. The van der Waals surface area contributed by atoms with Gasteiger partial charge in [-0.1, -0.05) is 6.92 Å². The number of Topliss-reactive ketones (excluding diaryl/α,β-unsaturated/α-hetero) is 1. The topological polar surface area (TPSA) is 94.3 Å². The molecule has 3 rings (SSSR count). The molecule has 1 heterocycles. The largest absolute Gasteiger partial charge is 0.485 e. The molecule has 7 heteroatoms. The molecule has 3 aromatic rings. The zero-order valence-corrected chi connectivity index (χ0v) is 14.8. The molecule has 2 aromatic carbocycles. The first-order valence-corrected chi connectivity index (χ1v) is 8.58. The van der Waals surface area contributed by atoms with Crippen molar-refractivity contribution in [2.75, 3.05) is 11.9 Å². The number of benzene rings is 2. The lowest BCUT2D eigenvalue weighted by atomic mass is 10.1. The highest BCUT2D eigenvalue weighted by atomic mass is 16.5. The lowest BCUT2D eigenvalue weighted by Gasteiger charge is -2.07. The average molecular weight is 365 g/mol. The molecule has 0 aliphatic heterocycles. The Morgan fingerprint density at radius 2 is 1.81 bits per heavy atom. The van der Waals surface area contributed by atoms with E-state index in [0.29, 0.717) is 29.3 Å². The van der Waals surface area contributed by atoms with Gasteiger partial charge in [-0.3, -0.25) is 9.59 Å². The molecule has 0 radical (unpaired) electrons. The Hall–Kier alpha value is -3.48. The van der Waals surface area contributed by atoms with E-state index in [-0.39, 0.29) is 18.3 Å². The number of rotatable bonds is 8. The average Bonchev–Trinajstić information content (AvgIpc) is 3.22. The summed E-state index contributed by atoms with van der Waals surface area (Å²) >= 11 is 0. The summed E-state index contributed by atoms with van der Waals surface area (Å²) in [5.74, 6) is 0.796. The molecule has 0 spiro atoms. The predicted molar refractivity (Wildman–Crippen MR) is 99.5 cm³/mol. The van der Waals surface area contributed by atoms with Crippen LogP contribution < -0.4 is 10.1 Å². The van der Waals surface area contributed by atoms with Crippen LogP contribution in [-0.4, -0.2) is 28.5 Å². The first kappa shape index (κ1) is 18.3. The number of carbonyl (C=O) groups is 2. The SMILES string of the molecule is CCCC(=O)Nc1ccc(C(=O)COc2ccc(-c3nnco3)cc2)cc1. The molecule has 27 heavy (non-hydrogen) atoms. The van der Waals surface area contributed by atoms with Crippen LogP contribution >= 0.6 is 0 Å². The van der Waals surface area contributed by atoms with E-state index in [9.17, 15) is 9.59 Å². The highest BCUT2D eigenvalue weighted by molar-refractivity contribution is 5.98. The van der Waals surface area contributed by atoms with Crippen LogP contribution in [0.3, 0.4) is 0 Å². The van der Waals surface area contributed by atoms with Crippen molar-refractivity contribution in [1.82, 2.24) is 10.2 Å². The smallest absolute Gasteiger partial charge is 0.247 e. The maximum absolute atomic E-state index is 12.3. The Morgan fingerprint density at radius 1 is 1.07 bits per heavy atom. The van der Waals surface area contributed by atoms with Gasteiger partial charge in [-0.05, 0) is 55.0 Å². The molecule has 0 aliphatic rings. The summed E-state index contributed by atoms with van der Waals surface area (Å²) in [4.78, 5) is 23.8. The van der Waals surface area contributed by atoms with E-state index in [1.807, 2.05) is 6.92 Å². The van der Waals surface area contributed by atoms with Crippen LogP contribution in [0.25, 0.3) is 11.5 Å². The van der Waals surface area contributed by atoms with E-state index in [4.69, 9.17) is 9.15 Å². The van der Waals surface area contributed by atoms with Gasteiger partial charge in [-0.25, -0.2) is 0 Å². The second-order valence-corrected chi connectivity index (χ2v) is 5.86. The molecular formula is C20H19N3O4. The van der Waals surface area contributed by atoms with Gasteiger partial charge in [0.15, 0.2) is 12.4 Å². The molecule has 138 valence electrons. The van der Waals surface area contributed by atoms with Gasteiger partial charge in [0.25, 0.3) is 0 Å². The number of nitrogens with zero attached hydrogens (tertiary/aromatic N) is 2. The summed E-state index contributed by atoms with van der Waals surface area (Å²) in [6.07, 6.45) is 2.52. The van der Waals surface area contributed by atoms with Gasteiger partial charge in [0.2, 0.25) is 18.2 Å². The van der Waals surface area contributed by atoms with Crippen molar-refractivity contribution in [3.63, 3.8) is 0 Å². The van der Waals surface area contributed by atoms with Crippen LogP contribution in [0.2, 0.25) is 0 Å². The molecule has 0 unspecified atom stereocenters. The maximum atomic E-state index is 12.3. The molecule has 0 saturated carbocycles.